The molecule has 1 aliphatic heterocycles. The highest BCUT2D eigenvalue weighted by atomic mass is 32.1. The molecule has 2 atom stereocenters. The van der Waals surface area contributed by atoms with Gasteiger partial charge in [-0.3, -0.25) is 4.90 Å². The van der Waals surface area contributed by atoms with E-state index in [0.29, 0.717) is 17.1 Å². The van der Waals surface area contributed by atoms with Gasteiger partial charge in [0.05, 0.1) is 4.99 Å². The number of likely N-dealkylation sites (tertiary alicyclic amines) is 1. The molecule has 0 bridgehead atoms. The van der Waals surface area contributed by atoms with E-state index in [2.05, 4.69) is 18.7 Å². The van der Waals surface area contributed by atoms with E-state index in [1.54, 1.807) is 0 Å². The smallest absolute Gasteiger partial charge is 0.0870 e. The summed E-state index contributed by atoms with van der Waals surface area (Å²) in [4.78, 5) is 3.06. The summed E-state index contributed by atoms with van der Waals surface area (Å²) in [7, 11) is 0. The Morgan fingerprint density at radius 1 is 1.58 bits per heavy atom. The lowest BCUT2D eigenvalue weighted by Crippen LogP contribution is -2.40. The van der Waals surface area contributed by atoms with Crippen LogP contribution in [0.1, 0.15) is 33.1 Å². The van der Waals surface area contributed by atoms with E-state index in [0.717, 1.165) is 6.54 Å². The van der Waals surface area contributed by atoms with Crippen molar-refractivity contribution >= 4 is 17.2 Å². The lowest BCUT2D eigenvalue weighted by molar-refractivity contribution is 0.229. The number of nitrogens with zero attached hydrogens (tertiary/aromatic N) is 1. The van der Waals surface area contributed by atoms with Crippen molar-refractivity contribution in [2.24, 2.45) is 5.73 Å². The van der Waals surface area contributed by atoms with Crippen LogP contribution >= 0.6 is 12.2 Å². The van der Waals surface area contributed by atoms with Gasteiger partial charge in [0.25, 0.3) is 0 Å². The van der Waals surface area contributed by atoms with Crippen LogP contribution in [0.5, 0.6) is 0 Å². The van der Waals surface area contributed by atoms with Gasteiger partial charge in [-0.15, -0.1) is 0 Å². The first kappa shape index (κ1) is 9.93. The molecule has 0 spiro atoms. The van der Waals surface area contributed by atoms with E-state index >= 15 is 0 Å². The van der Waals surface area contributed by atoms with Crippen molar-refractivity contribution in [1.82, 2.24) is 4.90 Å². The van der Waals surface area contributed by atoms with Crippen molar-refractivity contribution in [2.75, 3.05) is 6.54 Å². The minimum Gasteiger partial charge on any atom is -0.392 e. The Morgan fingerprint density at radius 3 is 2.75 bits per heavy atom. The van der Waals surface area contributed by atoms with Crippen LogP contribution in [0.4, 0.5) is 0 Å². The fourth-order valence-corrected chi connectivity index (χ4v) is 2.18. The van der Waals surface area contributed by atoms with Crippen molar-refractivity contribution in [1.29, 1.82) is 0 Å². The molecule has 1 heterocycles. The van der Waals surface area contributed by atoms with Crippen LogP contribution in [0.25, 0.3) is 0 Å². The Balaban J connectivity index is 2.51. The van der Waals surface area contributed by atoms with Gasteiger partial charge in [0.1, 0.15) is 0 Å². The Morgan fingerprint density at radius 2 is 2.25 bits per heavy atom. The molecule has 0 aromatic carbocycles. The highest BCUT2D eigenvalue weighted by Gasteiger charge is 2.28. The molecule has 1 saturated heterocycles. The van der Waals surface area contributed by atoms with E-state index < -0.39 is 0 Å². The number of thiocarbonyl (C=S) groups is 1. The monoisotopic (exact) mass is 186 g/mol. The Hall–Kier alpha value is -0.150. The lowest BCUT2D eigenvalue weighted by atomic mass is 10.1. The molecule has 0 aromatic rings. The number of rotatable bonds is 3. The minimum atomic E-state index is 0.627. The van der Waals surface area contributed by atoms with Crippen LogP contribution in [0.2, 0.25) is 0 Å². The summed E-state index contributed by atoms with van der Waals surface area (Å²) in [6.07, 6.45) is 3.81. The molecule has 0 amide bonds. The first-order valence-electron chi connectivity index (χ1n) is 4.69. The fourth-order valence-electron chi connectivity index (χ4n) is 2.03. The van der Waals surface area contributed by atoms with Crippen LogP contribution in [0.3, 0.4) is 0 Å². The molecule has 12 heavy (non-hydrogen) atoms. The third-order valence-corrected chi connectivity index (χ3v) is 2.89. The van der Waals surface area contributed by atoms with Gasteiger partial charge in [-0.25, -0.2) is 0 Å². The van der Waals surface area contributed by atoms with Crippen molar-refractivity contribution in [3.63, 3.8) is 0 Å². The molecule has 2 N–H and O–H groups in total. The second-order valence-electron chi connectivity index (χ2n) is 3.63. The summed E-state index contributed by atoms with van der Waals surface area (Å²) < 4.78 is 0. The summed E-state index contributed by atoms with van der Waals surface area (Å²) in [5.74, 6) is 0. The molecular weight excluding hydrogens is 168 g/mol. The number of nitrogens with two attached hydrogens (primary N) is 1. The predicted molar refractivity (Wildman–Crippen MR) is 56.3 cm³/mol. The van der Waals surface area contributed by atoms with Crippen molar-refractivity contribution in [3.8, 4) is 0 Å². The fraction of sp³-hybridized carbons (Fsp3) is 0.889. The van der Waals surface area contributed by atoms with Gasteiger partial charge in [0.15, 0.2) is 0 Å². The third kappa shape index (κ3) is 2.17. The highest BCUT2D eigenvalue weighted by molar-refractivity contribution is 7.80. The van der Waals surface area contributed by atoms with Crippen LogP contribution in [-0.2, 0) is 0 Å². The largest absolute Gasteiger partial charge is 0.392 e. The molecule has 3 heteroatoms. The van der Waals surface area contributed by atoms with Gasteiger partial charge in [0.2, 0.25) is 0 Å². The SMILES string of the molecule is CCC1CCC(C)N1CC(N)=S. The molecule has 0 saturated carbocycles. The number of hydrogen-bond donors (Lipinski definition) is 1. The van der Waals surface area contributed by atoms with Gasteiger partial charge in [0, 0.05) is 18.6 Å². The van der Waals surface area contributed by atoms with Gasteiger partial charge >= 0.3 is 0 Å². The predicted octanol–water partition coefficient (Wildman–Crippen LogP) is 1.54. The maximum Gasteiger partial charge on any atom is 0.0870 e. The van der Waals surface area contributed by atoms with Gasteiger partial charge in [-0.1, -0.05) is 19.1 Å². The zero-order chi connectivity index (χ0) is 9.14. The quantitative estimate of drug-likeness (QED) is 0.678. The van der Waals surface area contributed by atoms with Gasteiger partial charge < -0.3 is 5.73 Å². The highest BCUT2D eigenvalue weighted by Crippen LogP contribution is 2.25. The third-order valence-electron chi connectivity index (χ3n) is 2.76. The van der Waals surface area contributed by atoms with E-state index in [4.69, 9.17) is 18.0 Å². The molecule has 2 nitrogen and oxygen atoms in total. The zero-order valence-corrected chi connectivity index (χ0v) is 8.73. The van der Waals surface area contributed by atoms with Crippen LogP contribution < -0.4 is 5.73 Å². The zero-order valence-electron chi connectivity index (χ0n) is 7.92. The first-order chi connectivity index (χ1) is 5.65. The molecule has 0 aromatic heterocycles. The molecule has 1 fully saturated rings. The molecule has 0 aliphatic carbocycles. The second kappa shape index (κ2) is 4.19. The molecule has 1 aliphatic rings. The topological polar surface area (TPSA) is 29.3 Å². The number of hydrogen-bond acceptors (Lipinski definition) is 2. The van der Waals surface area contributed by atoms with E-state index in [9.17, 15) is 0 Å². The maximum atomic E-state index is 5.54. The summed E-state index contributed by atoms with van der Waals surface area (Å²) in [6.45, 7) is 5.29. The van der Waals surface area contributed by atoms with Crippen molar-refractivity contribution in [3.05, 3.63) is 0 Å². The van der Waals surface area contributed by atoms with Gasteiger partial charge in [-0.2, -0.15) is 0 Å². The molecule has 2 unspecified atom stereocenters. The Bertz CT molecular complexity index is 170. The lowest BCUT2D eigenvalue weighted by Gasteiger charge is -2.26. The summed E-state index contributed by atoms with van der Waals surface area (Å²) in [6, 6.07) is 1.37. The standard InChI is InChI=1S/C9H18N2S/c1-3-8-5-4-7(2)11(8)6-9(10)12/h7-8H,3-6H2,1-2H3,(H2,10,12). The minimum absolute atomic E-state index is 0.627. The van der Waals surface area contributed by atoms with Crippen LogP contribution in [0.15, 0.2) is 0 Å². The second-order valence-corrected chi connectivity index (χ2v) is 4.15. The summed E-state index contributed by atoms with van der Waals surface area (Å²) in [5.41, 5.74) is 5.54. The molecule has 70 valence electrons. The van der Waals surface area contributed by atoms with Crippen LogP contribution in [-0.4, -0.2) is 28.5 Å². The Kier molecular flexibility index (Phi) is 3.47. The molecule has 1 rings (SSSR count). The molecular formula is C9H18N2S. The first-order valence-corrected chi connectivity index (χ1v) is 5.10. The maximum absolute atomic E-state index is 5.54. The van der Waals surface area contributed by atoms with Crippen molar-refractivity contribution in [2.45, 2.75) is 45.2 Å². The van der Waals surface area contributed by atoms with E-state index in [1.165, 1.54) is 19.3 Å². The molecule has 0 radical (unpaired) electrons. The Labute approximate surface area is 80.1 Å². The summed E-state index contributed by atoms with van der Waals surface area (Å²) >= 11 is 4.92. The van der Waals surface area contributed by atoms with Crippen LogP contribution in [0, 0.1) is 0 Å². The van der Waals surface area contributed by atoms with Crippen molar-refractivity contribution < 1.29 is 0 Å². The normalized spacial score (nSPS) is 30.8. The average molecular weight is 186 g/mol. The summed E-state index contributed by atoms with van der Waals surface area (Å²) in [5, 5.41) is 0. The van der Waals surface area contributed by atoms with Gasteiger partial charge in [-0.05, 0) is 26.2 Å². The van der Waals surface area contributed by atoms with E-state index in [1.807, 2.05) is 0 Å². The average Bonchev–Trinajstić information content (AvgIpc) is 2.32. The van der Waals surface area contributed by atoms with E-state index in [-0.39, 0.29) is 0 Å².